The SMILES string of the molecule is CC1CCN(S(=O)(=O)c2sccc2Br)C1C(=O)O. The van der Waals surface area contributed by atoms with Crippen molar-refractivity contribution in [2.45, 2.75) is 23.6 Å². The van der Waals surface area contributed by atoms with Gasteiger partial charge in [0.05, 0.1) is 0 Å². The second kappa shape index (κ2) is 4.92. The third kappa shape index (κ3) is 2.22. The summed E-state index contributed by atoms with van der Waals surface area (Å²) in [6.07, 6.45) is 0.569. The fourth-order valence-corrected chi connectivity index (χ4v) is 6.24. The highest BCUT2D eigenvalue weighted by atomic mass is 79.9. The number of hydrogen-bond donors (Lipinski definition) is 1. The molecule has 2 atom stereocenters. The zero-order valence-electron chi connectivity index (χ0n) is 9.54. The molecule has 1 aromatic rings. The predicted molar refractivity (Wildman–Crippen MR) is 71.1 cm³/mol. The number of aliphatic carboxylic acids is 1. The van der Waals surface area contributed by atoms with Crippen LogP contribution in [0, 0.1) is 5.92 Å². The van der Waals surface area contributed by atoms with E-state index in [4.69, 9.17) is 5.11 Å². The first kappa shape index (κ1) is 14.0. The molecule has 1 N–H and O–H groups in total. The van der Waals surface area contributed by atoms with E-state index in [0.29, 0.717) is 10.9 Å². The number of sulfonamides is 1. The maximum Gasteiger partial charge on any atom is 0.322 e. The quantitative estimate of drug-likeness (QED) is 0.901. The van der Waals surface area contributed by atoms with Gasteiger partial charge in [0.15, 0.2) is 0 Å². The number of thiophene rings is 1. The summed E-state index contributed by atoms with van der Waals surface area (Å²) in [5, 5.41) is 10.8. The lowest BCUT2D eigenvalue weighted by molar-refractivity contribution is -0.141. The minimum absolute atomic E-state index is 0.169. The van der Waals surface area contributed by atoms with Crippen molar-refractivity contribution in [1.82, 2.24) is 4.31 Å². The average Bonchev–Trinajstić information content (AvgIpc) is 2.84. The van der Waals surface area contributed by atoms with Crippen molar-refractivity contribution >= 4 is 43.3 Å². The third-order valence-corrected chi connectivity index (χ3v) is 7.56. The Morgan fingerprint density at radius 1 is 1.61 bits per heavy atom. The summed E-state index contributed by atoms with van der Waals surface area (Å²) in [7, 11) is -3.73. The topological polar surface area (TPSA) is 74.7 Å². The van der Waals surface area contributed by atoms with Crippen LogP contribution in [0.1, 0.15) is 13.3 Å². The van der Waals surface area contributed by atoms with Gasteiger partial charge in [0.2, 0.25) is 0 Å². The molecule has 0 amide bonds. The number of carboxylic acids is 1. The zero-order chi connectivity index (χ0) is 13.5. The Bertz CT molecular complexity index is 568. The minimum Gasteiger partial charge on any atom is -0.480 e. The highest BCUT2D eigenvalue weighted by molar-refractivity contribution is 9.10. The number of carboxylic acid groups (broad SMARTS) is 1. The number of hydrogen-bond acceptors (Lipinski definition) is 4. The Hall–Kier alpha value is -0.440. The molecule has 1 aliphatic heterocycles. The molecule has 100 valence electrons. The molecule has 18 heavy (non-hydrogen) atoms. The van der Waals surface area contributed by atoms with Gasteiger partial charge < -0.3 is 5.11 Å². The van der Waals surface area contributed by atoms with Crippen molar-refractivity contribution in [2.24, 2.45) is 5.92 Å². The monoisotopic (exact) mass is 353 g/mol. The molecule has 0 spiro atoms. The third-order valence-electron chi connectivity index (χ3n) is 3.03. The van der Waals surface area contributed by atoms with Gasteiger partial charge in [-0.05, 0) is 39.7 Å². The van der Waals surface area contributed by atoms with Crippen LogP contribution in [0.5, 0.6) is 0 Å². The maximum atomic E-state index is 12.4. The van der Waals surface area contributed by atoms with E-state index in [1.54, 1.807) is 18.4 Å². The fraction of sp³-hybridized carbons (Fsp3) is 0.500. The normalized spacial score (nSPS) is 25.4. The Kier molecular flexibility index (Phi) is 3.82. The van der Waals surface area contributed by atoms with Gasteiger partial charge in [-0.25, -0.2) is 8.42 Å². The molecule has 1 fully saturated rings. The molecule has 0 bridgehead atoms. The van der Waals surface area contributed by atoms with E-state index < -0.39 is 22.0 Å². The van der Waals surface area contributed by atoms with Crippen LogP contribution in [-0.2, 0) is 14.8 Å². The van der Waals surface area contributed by atoms with Crippen LogP contribution in [0.2, 0.25) is 0 Å². The molecule has 0 aliphatic carbocycles. The smallest absolute Gasteiger partial charge is 0.322 e. The van der Waals surface area contributed by atoms with Crippen LogP contribution < -0.4 is 0 Å². The first-order chi connectivity index (χ1) is 8.35. The van der Waals surface area contributed by atoms with Crippen molar-refractivity contribution < 1.29 is 18.3 Å². The molecule has 8 heteroatoms. The molecule has 0 radical (unpaired) electrons. The highest BCUT2D eigenvalue weighted by Crippen LogP contribution is 2.35. The van der Waals surface area contributed by atoms with E-state index >= 15 is 0 Å². The van der Waals surface area contributed by atoms with Crippen molar-refractivity contribution in [3.63, 3.8) is 0 Å². The molecule has 2 unspecified atom stereocenters. The van der Waals surface area contributed by atoms with Crippen molar-refractivity contribution in [3.8, 4) is 0 Å². The molecule has 5 nitrogen and oxygen atoms in total. The summed E-state index contributed by atoms with van der Waals surface area (Å²) >= 11 is 4.27. The largest absolute Gasteiger partial charge is 0.480 e. The van der Waals surface area contributed by atoms with Crippen LogP contribution in [0.4, 0.5) is 0 Å². The summed E-state index contributed by atoms with van der Waals surface area (Å²) in [4.78, 5) is 11.2. The minimum atomic E-state index is -3.73. The molecule has 2 rings (SSSR count). The van der Waals surface area contributed by atoms with Crippen molar-refractivity contribution in [2.75, 3.05) is 6.54 Å². The summed E-state index contributed by atoms with van der Waals surface area (Å²) in [6.45, 7) is 2.02. The lowest BCUT2D eigenvalue weighted by atomic mass is 10.0. The molecule has 0 saturated carbocycles. The first-order valence-corrected chi connectivity index (χ1v) is 8.44. The standard InChI is InChI=1S/C10H12BrNO4S2/c1-6-2-4-12(8(6)9(13)14)18(15,16)10-7(11)3-5-17-10/h3,5-6,8H,2,4H2,1H3,(H,13,14). The maximum absolute atomic E-state index is 12.4. The van der Waals surface area contributed by atoms with E-state index in [2.05, 4.69) is 15.9 Å². The molecule has 1 aromatic heterocycles. The van der Waals surface area contributed by atoms with Crippen LogP contribution >= 0.6 is 27.3 Å². The Morgan fingerprint density at radius 3 is 2.78 bits per heavy atom. The number of nitrogens with zero attached hydrogens (tertiary/aromatic N) is 1. The second-order valence-corrected chi connectivity index (χ2v) is 8.08. The van der Waals surface area contributed by atoms with Crippen LogP contribution in [0.15, 0.2) is 20.1 Å². The van der Waals surface area contributed by atoms with Gasteiger partial charge in [-0.15, -0.1) is 11.3 Å². The second-order valence-electron chi connectivity index (χ2n) is 4.22. The van der Waals surface area contributed by atoms with E-state index in [9.17, 15) is 13.2 Å². The molecular weight excluding hydrogens is 342 g/mol. The van der Waals surface area contributed by atoms with Gasteiger partial charge in [0.25, 0.3) is 10.0 Å². The first-order valence-electron chi connectivity index (χ1n) is 5.33. The summed E-state index contributed by atoms with van der Waals surface area (Å²) in [5.74, 6) is -1.26. The average molecular weight is 354 g/mol. The van der Waals surface area contributed by atoms with Gasteiger partial charge in [0, 0.05) is 11.0 Å². The molecular formula is C10H12BrNO4S2. The summed E-state index contributed by atoms with van der Waals surface area (Å²) in [5.41, 5.74) is 0. The fourth-order valence-electron chi connectivity index (χ4n) is 2.12. The lowest BCUT2D eigenvalue weighted by Crippen LogP contribution is -2.42. The van der Waals surface area contributed by atoms with E-state index in [1.165, 1.54) is 0 Å². The highest BCUT2D eigenvalue weighted by Gasteiger charge is 2.44. The van der Waals surface area contributed by atoms with Gasteiger partial charge in [0.1, 0.15) is 10.3 Å². The lowest BCUT2D eigenvalue weighted by Gasteiger charge is -2.22. The molecule has 1 saturated heterocycles. The summed E-state index contributed by atoms with van der Waals surface area (Å²) < 4.78 is 26.6. The zero-order valence-corrected chi connectivity index (χ0v) is 12.8. The van der Waals surface area contributed by atoms with Crippen molar-refractivity contribution in [1.29, 1.82) is 0 Å². The van der Waals surface area contributed by atoms with E-state index in [-0.39, 0.29) is 16.7 Å². The molecule has 0 aromatic carbocycles. The van der Waals surface area contributed by atoms with Gasteiger partial charge in [-0.2, -0.15) is 4.31 Å². The number of halogens is 1. The van der Waals surface area contributed by atoms with Crippen molar-refractivity contribution in [3.05, 3.63) is 15.9 Å². The van der Waals surface area contributed by atoms with Crippen LogP contribution in [0.25, 0.3) is 0 Å². The number of rotatable bonds is 3. The summed E-state index contributed by atoms with van der Waals surface area (Å²) in [6, 6.07) is 0.677. The van der Waals surface area contributed by atoms with Crippen LogP contribution in [0.3, 0.4) is 0 Å². The van der Waals surface area contributed by atoms with Gasteiger partial charge in [-0.3, -0.25) is 4.79 Å². The Balaban J connectivity index is 2.43. The molecule has 1 aliphatic rings. The molecule has 2 heterocycles. The van der Waals surface area contributed by atoms with Crippen LogP contribution in [-0.4, -0.2) is 36.4 Å². The van der Waals surface area contributed by atoms with Gasteiger partial charge >= 0.3 is 5.97 Å². The predicted octanol–water partition coefficient (Wildman–Crippen LogP) is 1.99. The van der Waals surface area contributed by atoms with Gasteiger partial charge in [-0.1, -0.05) is 6.92 Å². The van der Waals surface area contributed by atoms with E-state index in [1.807, 2.05) is 0 Å². The number of carbonyl (C=O) groups is 1. The Morgan fingerprint density at radius 2 is 2.28 bits per heavy atom. The Labute approximate surface area is 118 Å². The van der Waals surface area contributed by atoms with E-state index in [0.717, 1.165) is 15.6 Å².